The van der Waals surface area contributed by atoms with E-state index in [-0.39, 0.29) is 12.1 Å². The molecule has 17 heavy (non-hydrogen) atoms. The first kappa shape index (κ1) is 13.8. The van der Waals surface area contributed by atoms with E-state index in [0.29, 0.717) is 19.7 Å². The minimum atomic E-state index is -0.837. The number of hydrogen-bond donors (Lipinski definition) is 2. The number of aliphatic carboxylic acids is 1. The van der Waals surface area contributed by atoms with E-state index in [1.165, 1.54) is 4.90 Å². The normalized spacial score (nSPS) is 17.4. The highest BCUT2D eigenvalue weighted by molar-refractivity contribution is 5.79. The third-order valence-electron chi connectivity index (χ3n) is 2.85. The average molecular weight is 244 g/mol. The van der Waals surface area contributed by atoms with Crippen LogP contribution in [-0.4, -0.2) is 54.9 Å². The van der Waals surface area contributed by atoms with Gasteiger partial charge in [-0.3, -0.25) is 4.79 Å². The van der Waals surface area contributed by atoms with Crippen LogP contribution in [0.5, 0.6) is 0 Å². The summed E-state index contributed by atoms with van der Waals surface area (Å²) >= 11 is 0. The summed E-state index contributed by atoms with van der Waals surface area (Å²) in [5.41, 5.74) is 0. The van der Waals surface area contributed by atoms with Crippen LogP contribution >= 0.6 is 0 Å². The van der Waals surface area contributed by atoms with E-state index in [1.54, 1.807) is 7.11 Å². The molecule has 0 aromatic carbocycles. The predicted octanol–water partition coefficient (Wildman–Crippen LogP) is 0.527. The first-order chi connectivity index (χ1) is 8.08. The number of amides is 2. The zero-order valence-corrected chi connectivity index (χ0v) is 10.3. The lowest BCUT2D eigenvalue weighted by Crippen LogP contribution is -2.58. The van der Waals surface area contributed by atoms with E-state index in [2.05, 4.69) is 5.32 Å². The molecule has 2 amide bonds. The Morgan fingerprint density at radius 2 is 2.18 bits per heavy atom. The lowest BCUT2D eigenvalue weighted by atomic mass is 10.0. The van der Waals surface area contributed by atoms with Crippen molar-refractivity contribution >= 4 is 12.0 Å². The minimum Gasteiger partial charge on any atom is -0.481 e. The SMILES string of the molecule is CCCC(COC)NC(=O)N1CC(C(=O)O)C1. The highest BCUT2D eigenvalue weighted by Crippen LogP contribution is 2.15. The lowest BCUT2D eigenvalue weighted by molar-refractivity contribution is -0.146. The van der Waals surface area contributed by atoms with Gasteiger partial charge in [0.05, 0.1) is 18.6 Å². The zero-order valence-electron chi connectivity index (χ0n) is 10.3. The molecule has 1 rings (SSSR count). The summed E-state index contributed by atoms with van der Waals surface area (Å²) in [5, 5.41) is 11.6. The predicted molar refractivity (Wildman–Crippen MR) is 61.8 cm³/mol. The Morgan fingerprint density at radius 3 is 2.65 bits per heavy atom. The van der Waals surface area contributed by atoms with E-state index in [1.807, 2.05) is 6.92 Å². The first-order valence-electron chi connectivity index (χ1n) is 5.85. The van der Waals surface area contributed by atoms with Crippen LogP contribution in [0.25, 0.3) is 0 Å². The van der Waals surface area contributed by atoms with Crippen LogP contribution in [0.3, 0.4) is 0 Å². The van der Waals surface area contributed by atoms with Crippen molar-refractivity contribution in [2.45, 2.75) is 25.8 Å². The van der Waals surface area contributed by atoms with Crippen molar-refractivity contribution in [3.8, 4) is 0 Å². The first-order valence-corrected chi connectivity index (χ1v) is 5.85. The zero-order chi connectivity index (χ0) is 12.8. The van der Waals surface area contributed by atoms with Gasteiger partial charge in [-0.25, -0.2) is 4.79 Å². The molecular weight excluding hydrogens is 224 g/mol. The molecule has 0 spiro atoms. The number of nitrogens with one attached hydrogen (secondary N) is 1. The molecule has 0 bridgehead atoms. The Balaban J connectivity index is 2.31. The number of nitrogens with zero attached hydrogens (tertiary/aromatic N) is 1. The fourth-order valence-corrected chi connectivity index (χ4v) is 1.81. The molecule has 1 aliphatic heterocycles. The third-order valence-corrected chi connectivity index (χ3v) is 2.85. The molecular formula is C11H20N2O4. The van der Waals surface area contributed by atoms with Crippen LogP contribution < -0.4 is 5.32 Å². The van der Waals surface area contributed by atoms with Gasteiger partial charge < -0.3 is 20.1 Å². The Morgan fingerprint density at radius 1 is 1.53 bits per heavy atom. The van der Waals surface area contributed by atoms with Gasteiger partial charge in [-0.05, 0) is 6.42 Å². The molecule has 1 unspecified atom stereocenters. The van der Waals surface area contributed by atoms with Crippen LogP contribution in [-0.2, 0) is 9.53 Å². The number of rotatable bonds is 6. The van der Waals surface area contributed by atoms with Gasteiger partial charge in [0.25, 0.3) is 0 Å². The van der Waals surface area contributed by atoms with Gasteiger partial charge in [-0.2, -0.15) is 0 Å². The van der Waals surface area contributed by atoms with E-state index in [9.17, 15) is 9.59 Å². The van der Waals surface area contributed by atoms with Gasteiger partial charge >= 0.3 is 12.0 Å². The molecule has 0 saturated carbocycles. The van der Waals surface area contributed by atoms with Crippen LogP contribution in [0, 0.1) is 5.92 Å². The second-order valence-corrected chi connectivity index (χ2v) is 4.33. The van der Waals surface area contributed by atoms with Crippen LogP contribution in [0.1, 0.15) is 19.8 Å². The maximum Gasteiger partial charge on any atom is 0.317 e. The molecule has 1 saturated heterocycles. The van der Waals surface area contributed by atoms with E-state index >= 15 is 0 Å². The average Bonchev–Trinajstić information content (AvgIpc) is 2.15. The fraction of sp³-hybridized carbons (Fsp3) is 0.818. The van der Waals surface area contributed by atoms with Gasteiger partial charge in [-0.1, -0.05) is 13.3 Å². The Bertz CT molecular complexity index is 271. The molecule has 1 atom stereocenters. The number of likely N-dealkylation sites (tertiary alicyclic amines) is 1. The smallest absolute Gasteiger partial charge is 0.317 e. The molecule has 2 N–H and O–H groups in total. The van der Waals surface area contributed by atoms with Gasteiger partial charge in [0, 0.05) is 20.2 Å². The van der Waals surface area contributed by atoms with Crippen LogP contribution in [0.15, 0.2) is 0 Å². The van der Waals surface area contributed by atoms with Crippen molar-refractivity contribution in [1.29, 1.82) is 0 Å². The third kappa shape index (κ3) is 3.89. The number of ether oxygens (including phenoxy) is 1. The standard InChI is InChI=1S/C11H20N2O4/c1-3-4-9(7-17-2)12-11(16)13-5-8(6-13)10(14)15/h8-9H,3-7H2,1-2H3,(H,12,16)(H,14,15). The van der Waals surface area contributed by atoms with Gasteiger partial charge in [-0.15, -0.1) is 0 Å². The number of carbonyl (C=O) groups is 2. The van der Waals surface area contributed by atoms with Crippen molar-refractivity contribution < 1.29 is 19.4 Å². The van der Waals surface area contributed by atoms with Crippen molar-refractivity contribution in [2.75, 3.05) is 26.8 Å². The summed E-state index contributed by atoms with van der Waals surface area (Å²) in [6.07, 6.45) is 1.82. The van der Waals surface area contributed by atoms with Gasteiger partial charge in [0.15, 0.2) is 0 Å². The van der Waals surface area contributed by atoms with Crippen molar-refractivity contribution in [1.82, 2.24) is 10.2 Å². The van der Waals surface area contributed by atoms with E-state index in [0.717, 1.165) is 12.8 Å². The summed E-state index contributed by atoms with van der Waals surface area (Å²) in [5.74, 6) is -1.25. The highest BCUT2D eigenvalue weighted by atomic mass is 16.5. The molecule has 98 valence electrons. The van der Waals surface area contributed by atoms with Crippen molar-refractivity contribution in [3.63, 3.8) is 0 Å². The molecule has 6 heteroatoms. The molecule has 6 nitrogen and oxygen atoms in total. The summed E-state index contributed by atoms with van der Waals surface area (Å²) in [7, 11) is 1.60. The summed E-state index contributed by atoms with van der Waals surface area (Å²) < 4.78 is 5.02. The van der Waals surface area contributed by atoms with E-state index < -0.39 is 11.9 Å². The molecule has 1 aliphatic rings. The summed E-state index contributed by atoms with van der Waals surface area (Å²) in [6.45, 7) is 3.12. The summed E-state index contributed by atoms with van der Waals surface area (Å²) in [6, 6.07) is -0.195. The fourth-order valence-electron chi connectivity index (χ4n) is 1.81. The maximum atomic E-state index is 11.7. The van der Waals surface area contributed by atoms with Gasteiger partial charge in [0.2, 0.25) is 0 Å². The number of carbonyl (C=O) groups excluding carboxylic acids is 1. The van der Waals surface area contributed by atoms with Crippen LogP contribution in [0.2, 0.25) is 0 Å². The molecule has 0 aliphatic carbocycles. The molecule has 1 heterocycles. The van der Waals surface area contributed by atoms with Crippen molar-refractivity contribution in [3.05, 3.63) is 0 Å². The second-order valence-electron chi connectivity index (χ2n) is 4.33. The topological polar surface area (TPSA) is 78.9 Å². The molecule has 0 aromatic heterocycles. The molecule has 0 radical (unpaired) electrons. The Labute approximate surface area is 101 Å². The Kier molecular flexibility index (Phi) is 5.21. The number of hydrogen-bond acceptors (Lipinski definition) is 3. The molecule has 0 aromatic rings. The quantitative estimate of drug-likeness (QED) is 0.714. The lowest BCUT2D eigenvalue weighted by Gasteiger charge is -2.37. The maximum absolute atomic E-state index is 11.7. The number of carboxylic acid groups (broad SMARTS) is 1. The van der Waals surface area contributed by atoms with E-state index in [4.69, 9.17) is 9.84 Å². The largest absolute Gasteiger partial charge is 0.481 e. The highest BCUT2D eigenvalue weighted by Gasteiger charge is 2.36. The number of carboxylic acids is 1. The number of urea groups is 1. The van der Waals surface area contributed by atoms with Gasteiger partial charge in [0.1, 0.15) is 0 Å². The van der Waals surface area contributed by atoms with Crippen LogP contribution in [0.4, 0.5) is 4.79 Å². The van der Waals surface area contributed by atoms with Crippen molar-refractivity contribution in [2.24, 2.45) is 5.92 Å². The summed E-state index contributed by atoms with van der Waals surface area (Å²) in [4.78, 5) is 23.8. The minimum absolute atomic E-state index is 0.00128. The molecule has 1 fully saturated rings. The Hall–Kier alpha value is -1.30. The monoisotopic (exact) mass is 244 g/mol. The second kappa shape index (κ2) is 6.44. The number of methoxy groups -OCH3 is 1.